The quantitative estimate of drug-likeness (QED) is 0.459. The first-order valence-corrected chi connectivity index (χ1v) is 13.1. The number of hydrogen-bond donors (Lipinski definition) is 2. The minimum Gasteiger partial charge on any atom is -0.507 e. The molecule has 0 fully saturated rings. The van der Waals surface area contributed by atoms with E-state index in [0.717, 1.165) is 24.0 Å². The van der Waals surface area contributed by atoms with Gasteiger partial charge in [-0.15, -0.1) is 0 Å². The van der Waals surface area contributed by atoms with Gasteiger partial charge in [-0.25, -0.2) is 8.42 Å². The Labute approximate surface area is 201 Å². The number of rotatable bonds is 6. The van der Waals surface area contributed by atoms with Gasteiger partial charge in [0.15, 0.2) is 0 Å². The molecule has 2 aromatic carbocycles. The lowest BCUT2D eigenvalue weighted by Crippen LogP contribution is -2.25. The van der Waals surface area contributed by atoms with Crippen LogP contribution in [0.2, 0.25) is 0 Å². The molecule has 0 aliphatic rings. The highest BCUT2D eigenvalue weighted by molar-refractivity contribution is 7.91. The zero-order valence-corrected chi connectivity index (χ0v) is 22.8. The Morgan fingerprint density at radius 2 is 0.909 bits per heavy atom. The van der Waals surface area contributed by atoms with Gasteiger partial charge in [-0.3, -0.25) is 0 Å². The molecule has 2 N–H and O–H groups in total. The van der Waals surface area contributed by atoms with Gasteiger partial charge in [0, 0.05) is 0 Å². The van der Waals surface area contributed by atoms with Crippen LogP contribution >= 0.6 is 0 Å². The molecule has 0 radical (unpaired) electrons. The van der Waals surface area contributed by atoms with Gasteiger partial charge in [-0.1, -0.05) is 81.4 Å². The Morgan fingerprint density at radius 3 is 1.15 bits per heavy atom. The van der Waals surface area contributed by atoms with E-state index < -0.39 is 9.84 Å². The Bertz CT molecular complexity index is 1030. The fourth-order valence-electron chi connectivity index (χ4n) is 5.31. The van der Waals surface area contributed by atoms with Crippen molar-refractivity contribution >= 4 is 9.84 Å². The van der Waals surface area contributed by atoms with Crippen LogP contribution < -0.4 is 0 Å². The summed E-state index contributed by atoms with van der Waals surface area (Å²) in [6, 6.07) is 9.49. The van der Waals surface area contributed by atoms with Gasteiger partial charge in [0.05, 0.1) is 0 Å². The molecule has 5 heteroatoms. The summed E-state index contributed by atoms with van der Waals surface area (Å²) in [5.41, 5.74) is 1.44. The van der Waals surface area contributed by atoms with E-state index in [-0.39, 0.29) is 42.9 Å². The summed E-state index contributed by atoms with van der Waals surface area (Å²) >= 11 is 0. The molecule has 0 spiro atoms. The summed E-state index contributed by atoms with van der Waals surface area (Å²) < 4.78 is 26.7. The van der Waals surface area contributed by atoms with E-state index in [1.54, 1.807) is 12.1 Å². The Kier molecular flexibility index (Phi) is 7.14. The highest BCUT2D eigenvalue weighted by Gasteiger charge is 2.32. The van der Waals surface area contributed by atoms with E-state index in [0.29, 0.717) is 0 Å². The average molecular weight is 475 g/mol. The van der Waals surface area contributed by atoms with E-state index in [9.17, 15) is 18.6 Å². The van der Waals surface area contributed by atoms with Crippen LogP contribution in [0.1, 0.15) is 93.2 Å². The predicted molar refractivity (Wildman–Crippen MR) is 136 cm³/mol. The van der Waals surface area contributed by atoms with Crippen LogP contribution in [0.15, 0.2) is 46.2 Å². The van der Waals surface area contributed by atoms with Gasteiger partial charge in [0.1, 0.15) is 21.3 Å². The fraction of sp³-hybridized carbons (Fsp3) is 0.571. The van der Waals surface area contributed by atoms with E-state index in [4.69, 9.17) is 0 Å². The smallest absolute Gasteiger partial charge is 0.213 e. The lowest BCUT2D eigenvalue weighted by Gasteiger charge is -2.33. The van der Waals surface area contributed by atoms with Crippen molar-refractivity contribution in [2.45, 2.75) is 103 Å². The number of sulfone groups is 1. The number of hydrogen-bond acceptors (Lipinski definition) is 4. The van der Waals surface area contributed by atoms with Gasteiger partial charge in [-0.2, -0.15) is 0 Å². The van der Waals surface area contributed by atoms with Gasteiger partial charge in [0.25, 0.3) is 0 Å². The Morgan fingerprint density at radius 1 is 0.606 bits per heavy atom. The van der Waals surface area contributed by atoms with Crippen molar-refractivity contribution in [2.75, 3.05) is 0 Å². The average Bonchev–Trinajstić information content (AvgIpc) is 2.56. The molecule has 0 atom stereocenters. The van der Waals surface area contributed by atoms with E-state index >= 15 is 0 Å². The highest BCUT2D eigenvalue weighted by atomic mass is 32.2. The third kappa shape index (κ3) is 6.53. The Hall–Kier alpha value is -2.01. The van der Waals surface area contributed by atoms with Crippen molar-refractivity contribution in [1.82, 2.24) is 0 Å². The van der Waals surface area contributed by atoms with Crippen molar-refractivity contribution in [1.29, 1.82) is 0 Å². The standard InChI is InChI=1S/C28H42O4S/c1-25(2,3)17-27(7,8)19-11-13-23(21(29)15-19)33(31,32)24-14-12-20(16-22(24)30)28(9,10)18-26(4,5)6/h11-16,29-30H,17-18H2,1-10H3. The molecule has 0 saturated carbocycles. The van der Waals surface area contributed by atoms with Crippen molar-refractivity contribution < 1.29 is 18.6 Å². The minimum absolute atomic E-state index is 0.0815. The zero-order valence-electron chi connectivity index (χ0n) is 22.0. The van der Waals surface area contributed by atoms with E-state index in [1.165, 1.54) is 24.3 Å². The summed E-state index contributed by atoms with van der Waals surface area (Å²) in [5, 5.41) is 21.4. The third-order valence-corrected chi connectivity index (χ3v) is 7.85. The molecular formula is C28H42O4S. The van der Waals surface area contributed by atoms with Gasteiger partial charge >= 0.3 is 0 Å². The third-order valence-electron chi connectivity index (χ3n) is 6.00. The molecule has 0 aliphatic carbocycles. The first-order chi connectivity index (χ1) is 14.7. The molecule has 4 nitrogen and oxygen atoms in total. The minimum atomic E-state index is -4.10. The summed E-state index contributed by atoms with van der Waals surface area (Å²) in [4.78, 5) is -0.398. The van der Waals surface area contributed by atoms with Crippen molar-refractivity contribution in [3.8, 4) is 11.5 Å². The van der Waals surface area contributed by atoms with Gasteiger partial charge in [0.2, 0.25) is 9.84 Å². The maximum atomic E-state index is 13.3. The number of benzene rings is 2. The van der Waals surface area contributed by atoms with Gasteiger partial charge in [-0.05, 0) is 69.9 Å². The van der Waals surface area contributed by atoms with Crippen LogP contribution in [-0.2, 0) is 20.7 Å². The van der Waals surface area contributed by atoms with Crippen LogP contribution in [0.25, 0.3) is 0 Å². The molecule has 184 valence electrons. The van der Waals surface area contributed by atoms with Crippen molar-refractivity contribution in [3.05, 3.63) is 47.5 Å². The lowest BCUT2D eigenvalue weighted by atomic mass is 9.72. The van der Waals surface area contributed by atoms with E-state index in [2.05, 4.69) is 69.2 Å². The molecule has 0 heterocycles. The first-order valence-electron chi connectivity index (χ1n) is 11.6. The van der Waals surface area contributed by atoms with Crippen LogP contribution in [0.3, 0.4) is 0 Å². The molecule has 0 bridgehead atoms. The van der Waals surface area contributed by atoms with Gasteiger partial charge < -0.3 is 10.2 Å². The SMILES string of the molecule is CC(C)(C)CC(C)(C)c1ccc(S(=O)(=O)c2ccc(C(C)(C)CC(C)(C)C)cc2O)c(O)c1. The second kappa shape index (κ2) is 8.65. The monoisotopic (exact) mass is 474 g/mol. The molecule has 0 unspecified atom stereocenters. The Balaban J connectivity index is 2.46. The van der Waals surface area contributed by atoms with E-state index in [1.807, 2.05) is 0 Å². The molecular weight excluding hydrogens is 432 g/mol. The van der Waals surface area contributed by atoms with Crippen molar-refractivity contribution in [2.24, 2.45) is 10.8 Å². The molecule has 33 heavy (non-hydrogen) atoms. The molecule has 0 saturated heterocycles. The normalized spacial score (nSPS) is 13.9. The maximum absolute atomic E-state index is 13.3. The van der Waals surface area contributed by atoms with Crippen molar-refractivity contribution in [3.63, 3.8) is 0 Å². The molecule has 2 rings (SSSR count). The van der Waals surface area contributed by atoms with Crippen LogP contribution in [0.5, 0.6) is 11.5 Å². The number of phenolic OH excluding ortho intramolecular Hbond substituents is 2. The lowest BCUT2D eigenvalue weighted by molar-refractivity contribution is 0.283. The molecule has 0 aromatic heterocycles. The number of phenols is 2. The second-order valence-electron chi connectivity index (χ2n) is 13.1. The predicted octanol–water partition coefficient (Wildman–Crippen LogP) is 7.36. The first kappa shape index (κ1) is 27.2. The van der Waals surface area contributed by atoms with Crippen LogP contribution in [-0.4, -0.2) is 18.6 Å². The summed E-state index contributed by atoms with van der Waals surface area (Å²) in [6.45, 7) is 21.3. The highest BCUT2D eigenvalue weighted by Crippen LogP contribution is 2.42. The van der Waals surface area contributed by atoms with Crippen LogP contribution in [0, 0.1) is 10.8 Å². The fourth-order valence-corrected chi connectivity index (χ4v) is 6.71. The zero-order chi connectivity index (χ0) is 25.6. The largest absolute Gasteiger partial charge is 0.507 e. The topological polar surface area (TPSA) is 74.6 Å². The maximum Gasteiger partial charge on any atom is 0.213 e. The molecule has 0 aliphatic heterocycles. The summed E-state index contributed by atoms with van der Waals surface area (Å²) in [5.74, 6) is -0.600. The summed E-state index contributed by atoms with van der Waals surface area (Å²) in [7, 11) is -4.10. The molecule has 2 aromatic rings. The number of aromatic hydroxyl groups is 2. The summed E-state index contributed by atoms with van der Waals surface area (Å²) in [6.07, 6.45) is 1.75. The van der Waals surface area contributed by atoms with Crippen LogP contribution in [0.4, 0.5) is 0 Å². The molecule has 0 amide bonds. The second-order valence-corrected chi connectivity index (χ2v) is 15.0.